The standard InChI is InChI=1S/C17H19FN4O/c1-17(2,3)10-22-13-8-7-12(11-6-5-9-19-14(11)18)20-15(13)21(4)16(22)23/h5-9H,10H2,1-4H3. The molecule has 0 aliphatic heterocycles. The third-order valence-electron chi connectivity index (χ3n) is 3.65. The first kappa shape index (κ1) is 15.4. The van der Waals surface area contributed by atoms with Crippen LogP contribution in [-0.2, 0) is 13.6 Å². The van der Waals surface area contributed by atoms with Crippen molar-refractivity contribution in [1.29, 1.82) is 0 Å². The maximum absolute atomic E-state index is 13.9. The largest absolute Gasteiger partial charge is 0.330 e. The summed E-state index contributed by atoms with van der Waals surface area (Å²) in [5, 5.41) is 0. The van der Waals surface area contributed by atoms with Crippen LogP contribution in [0.3, 0.4) is 0 Å². The summed E-state index contributed by atoms with van der Waals surface area (Å²) in [5.41, 5.74) is 1.93. The molecule has 5 nitrogen and oxygen atoms in total. The van der Waals surface area contributed by atoms with Gasteiger partial charge in [-0.2, -0.15) is 4.39 Å². The fourth-order valence-corrected chi connectivity index (χ4v) is 2.63. The Morgan fingerprint density at radius 2 is 1.96 bits per heavy atom. The first-order valence-electron chi connectivity index (χ1n) is 7.45. The quantitative estimate of drug-likeness (QED) is 0.683. The van der Waals surface area contributed by atoms with Crippen molar-refractivity contribution in [3.8, 4) is 11.3 Å². The Morgan fingerprint density at radius 1 is 1.22 bits per heavy atom. The number of nitrogens with zero attached hydrogens (tertiary/aromatic N) is 4. The number of hydrogen-bond donors (Lipinski definition) is 0. The summed E-state index contributed by atoms with van der Waals surface area (Å²) in [4.78, 5) is 20.6. The van der Waals surface area contributed by atoms with E-state index in [9.17, 15) is 9.18 Å². The normalized spacial score (nSPS) is 12.0. The number of pyridine rings is 2. The van der Waals surface area contributed by atoms with E-state index in [0.29, 0.717) is 23.4 Å². The van der Waals surface area contributed by atoms with E-state index in [4.69, 9.17) is 0 Å². The van der Waals surface area contributed by atoms with Crippen molar-refractivity contribution in [2.24, 2.45) is 12.5 Å². The minimum atomic E-state index is -0.571. The maximum atomic E-state index is 13.9. The highest BCUT2D eigenvalue weighted by molar-refractivity contribution is 5.76. The molecule has 23 heavy (non-hydrogen) atoms. The average molecular weight is 314 g/mol. The lowest BCUT2D eigenvalue weighted by Crippen LogP contribution is -2.27. The molecule has 0 aliphatic rings. The highest BCUT2D eigenvalue weighted by Crippen LogP contribution is 2.23. The summed E-state index contributed by atoms with van der Waals surface area (Å²) in [6.07, 6.45) is 1.40. The van der Waals surface area contributed by atoms with Gasteiger partial charge >= 0.3 is 5.69 Å². The summed E-state index contributed by atoms with van der Waals surface area (Å²) in [6, 6.07) is 6.83. The number of aryl methyl sites for hydroxylation is 1. The van der Waals surface area contributed by atoms with Crippen molar-refractivity contribution in [1.82, 2.24) is 19.1 Å². The van der Waals surface area contributed by atoms with Crippen LogP contribution in [0.25, 0.3) is 22.4 Å². The molecule has 0 saturated carbocycles. The molecule has 0 saturated heterocycles. The highest BCUT2D eigenvalue weighted by Gasteiger charge is 2.19. The molecular formula is C17H19FN4O. The topological polar surface area (TPSA) is 52.7 Å². The number of halogens is 1. The molecule has 0 radical (unpaired) electrons. The molecule has 0 bridgehead atoms. The van der Waals surface area contributed by atoms with Crippen molar-refractivity contribution in [3.63, 3.8) is 0 Å². The van der Waals surface area contributed by atoms with Gasteiger partial charge in [-0.3, -0.25) is 9.13 Å². The van der Waals surface area contributed by atoms with Crippen molar-refractivity contribution >= 4 is 11.2 Å². The van der Waals surface area contributed by atoms with Gasteiger partial charge in [-0.25, -0.2) is 14.8 Å². The van der Waals surface area contributed by atoms with Gasteiger partial charge in [-0.1, -0.05) is 20.8 Å². The fraction of sp³-hybridized carbons (Fsp3) is 0.353. The van der Waals surface area contributed by atoms with Crippen LogP contribution in [0.4, 0.5) is 4.39 Å². The van der Waals surface area contributed by atoms with Crippen LogP contribution in [0.1, 0.15) is 20.8 Å². The molecule has 0 aromatic carbocycles. The maximum Gasteiger partial charge on any atom is 0.330 e. The number of imidazole rings is 1. The lowest BCUT2D eigenvalue weighted by Gasteiger charge is -2.18. The Morgan fingerprint density at radius 3 is 2.61 bits per heavy atom. The molecule has 3 heterocycles. The van der Waals surface area contributed by atoms with Crippen molar-refractivity contribution in [2.45, 2.75) is 27.3 Å². The highest BCUT2D eigenvalue weighted by atomic mass is 19.1. The summed E-state index contributed by atoms with van der Waals surface area (Å²) >= 11 is 0. The minimum absolute atomic E-state index is 0.0355. The van der Waals surface area contributed by atoms with Gasteiger partial charge in [0.05, 0.1) is 16.8 Å². The second-order valence-corrected chi connectivity index (χ2v) is 6.87. The Hall–Kier alpha value is -2.50. The third-order valence-corrected chi connectivity index (χ3v) is 3.65. The second-order valence-electron chi connectivity index (χ2n) is 6.87. The summed E-state index contributed by atoms with van der Waals surface area (Å²) in [6.45, 7) is 6.81. The fourth-order valence-electron chi connectivity index (χ4n) is 2.63. The van der Waals surface area contributed by atoms with Crippen molar-refractivity contribution in [2.75, 3.05) is 0 Å². The molecule has 0 fully saturated rings. The number of aromatic nitrogens is 4. The van der Waals surface area contributed by atoms with Crippen LogP contribution >= 0.6 is 0 Å². The molecule has 6 heteroatoms. The molecule has 0 unspecified atom stereocenters. The van der Waals surface area contributed by atoms with E-state index in [-0.39, 0.29) is 11.1 Å². The molecule has 0 spiro atoms. The zero-order valence-electron chi connectivity index (χ0n) is 13.7. The minimum Gasteiger partial charge on any atom is -0.290 e. The van der Waals surface area contributed by atoms with Crippen LogP contribution in [-0.4, -0.2) is 19.1 Å². The molecule has 0 aliphatic carbocycles. The summed E-state index contributed by atoms with van der Waals surface area (Å²) in [7, 11) is 1.68. The summed E-state index contributed by atoms with van der Waals surface area (Å²) in [5.74, 6) is -0.571. The first-order valence-corrected chi connectivity index (χ1v) is 7.45. The van der Waals surface area contributed by atoms with Crippen LogP contribution < -0.4 is 5.69 Å². The smallest absolute Gasteiger partial charge is 0.290 e. The van der Waals surface area contributed by atoms with Crippen molar-refractivity contribution in [3.05, 3.63) is 46.9 Å². The average Bonchev–Trinajstić information content (AvgIpc) is 2.71. The Kier molecular flexibility index (Phi) is 3.55. The molecule has 120 valence electrons. The zero-order valence-corrected chi connectivity index (χ0v) is 13.7. The first-order chi connectivity index (χ1) is 10.8. The van der Waals surface area contributed by atoms with Gasteiger partial charge in [0, 0.05) is 19.8 Å². The lowest BCUT2D eigenvalue weighted by atomic mass is 9.97. The number of fused-ring (bicyclic) bond motifs is 1. The van der Waals surface area contributed by atoms with E-state index in [1.54, 1.807) is 29.8 Å². The van der Waals surface area contributed by atoms with E-state index in [0.717, 1.165) is 5.52 Å². The third kappa shape index (κ3) is 2.76. The SMILES string of the molecule is Cn1c(=O)n(CC(C)(C)C)c2ccc(-c3cccnc3F)nc21. The molecule has 3 aromatic rings. The van der Waals surface area contributed by atoms with Crippen LogP contribution in [0.2, 0.25) is 0 Å². The summed E-state index contributed by atoms with van der Waals surface area (Å²) < 4.78 is 17.1. The number of hydrogen-bond acceptors (Lipinski definition) is 3. The van der Waals surface area contributed by atoms with Gasteiger partial charge in [0.25, 0.3) is 0 Å². The zero-order chi connectivity index (χ0) is 16.8. The van der Waals surface area contributed by atoms with Crippen molar-refractivity contribution < 1.29 is 4.39 Å². The molecule has 3 rings (SSSR count). The van der Waals surface area contributed by atoms with E-state index >= 15 is 0 Å². The van der Waals surface area contributed by atoms with E-state index in [1.807, 2.05) is 6.07 Å². The molecule has 0 N–H and O–H groups in total. The van der Waals surface area contributed by atoms with Crippen LogP contribution in [0, 0.1) is 11.4 Å². The Balaban J connectivity index is 2.21. The Bertz CT molecular complexity index is 934. The molecule has 3 aromatic heterocycles. The number of rotatable bonds is 2. The Labute approximate surface area is 133 Å². The van der Waals surface area contributed by atoms with Gasteiger partial charge in [-0.15, -0.1) is 0 Å². The van der Waals surface area contributed by atoms with Gasteiger partial charge in [0.15, 0.2) is 5.65 Å². The monoisotopic (exact) mass is 314 g/mol. The molecule has 0 amide bonds. The predicted molar refractivity (Wildman–Crippen MR) is 87.6 cm³/mol. The van der Waals surface area contributed by atoms with Gasteiger partial charge in [0.2, 0.25) is 5.95 Å². The molecule has 0 atom stereocenters. The lowest BCUT2D eigenvalue weighted by molar-refractivity contribution is 0.342. The van der Waals surface area contributed by atoms with E-state index < -0.39 is 5.95 Å². The van der Waals surface area contributed by atoms with E-state index in [2.05, 4.69) is 30.7 Å². The van der Waals surface area contributed by atoms with Gasteiger partial charge in [-0.05, 0) is 29.7 Å². The molecular weight excluding hydrogens is 295 g/mol. The van der Waals surface area contributed by atoms with Gasteiger partial charge in [0.1, 0.15) is 0 Å². The predicted octanol–water partition coefficient (Wildman–Crippen LogP) is 2.98. The van der Waals surface area contributed by atoms with Crippen LogP contribution in [0.5, 0.6) is 0 Å². The van der Waals surface area contributed by atoms with Gasteiger partial charge < -0.3 is 0 Å². The van der Waals surface area contributed by atoms with Crippen LogP contribution in [0.15, 0.2) is 35.3 Å². The second kappa shape index (κ2) is 5.30. The van der Waals surface area contributed by atoms with E-state index in [1.165, 1.54) is 10.8 Å².